The van der Waals surface area contributed by atoms with Crippen LogP contribution in [0.25, 0.3) is 10.8 Å². The first-order chi connectivity index (χ1) is 15.5. The molecular formula is C25H20F2N2O3. The molecule has 7 heteroatoms. The molecule has 0 unspecified atom stereocenters. The Balaban J connectivity index is 1.65. The van der Waals surface area contributed by atoms with Crippen LogP contribution in [0.1, 0.15) is 28.9 Å². The van der Waals surface area contributed by atoms with Crippen LogP contribution in [0.15, 0.2) is 72.9 Å². The fourth-order valence-electron chi connectivity index (χ4n) is 3.37. The summed E-state index contributed by atoms with van der Waals surface area (Å²) in [6.07, 6.45) is 1.68. The fourth-order valence-corrected chi connectivity index (χ4v) is 3.37. The van der Waals surface area contributed by atoms with Crippen molar-refractivity contribution in [3.8, 4) is 11.5 Å². The quantitative estimate of drug-likeness (QED) is 0.363. The second kappa shape index (κ2) is 9.01. The van der Waals surface area contributed by atoms with E-state index in [0.29, 0.717) is 22.5 Å². The molecule has 0 amide bonds. The summed E-state index contributed by atoms with van der Waals surface area (Å²) < 4.78 is 37.5. The summed E-state index contributed by atoms with van der Waals surface area (Å²) >= 11 is 0. The van der Waals surface area contributed by atoms with Crippen molar-refractivity contribution in [1.29, 1.82) is 0 Å². The molecule has 4 rings (SSSR count). The van der Waals surface area contributed by atoms with Gasteiger partial charge in [-0.1, -0.05) is 24.3 Å². The number of nitrogens with zero attached hydrogens (tertiary/aromatic N) is 1. The van der Waals surface area contributed by atoms with Gasteiger partial charge >= 0.3 is 5.97 Å². The number of carbonyl (C=O) groups excluding carboxylic acids is 1. The number of anilines is 1. The van der Waals surface area contributed by atoms with Crippen LogP contribution in [0.5, 0.6) is 11.5 Å². The van der Waals surface area contributed by atoms with Crippen LogP contribution < -0.4 is 10.1 Å². The third-order valence-corrected chi connectivity index (χ3v) is 5.06. The Morgan fingerprint density at radius 3 is 2.50 bits per heavy atom. The average molecular weight is 434 g/mol. The highest BCUT2D eigenvalue weighted by Crippen LogP contribution is 2.35. The first-order valence-corrected chi connectivity index (χ1v) is 9.91. The number of hydrogen-bond donors (Lipinski definition) is 1. The lowest BCUT2D eigenvalue weighted by molar-refractivity contribution is 0.0600. The van der Waals surface area contributed by atoms with Crippen molar-refractivity contribution in [3.63, 3.8) is 0 Å². The number of hydrogen-bond acceptors (Lipinski definition) is 5. The lowest BCUT2D eigenvalue weighted by Crippen LogP contribution is -2.09. The summed E-state index contributed by atoms with van der Waals surface area (Å²) in [4.78, 5) is 16.1. The topological polar surface area (TPSA) is 60.5 Å². The number of esters is 1. The maximum Gasteiger partial charge on any atom is 0.337 e. The Morgan fingerprint density at radius 1 is 1.00 bits per heavy atom. The highest BCUT2D eigenvalue weighted by Gasteiger charge is 2.14. The predicted molar refractivity (Wildman–Crippen MR) is 118 cm³/mol. The van der Waals surface area contributed by atoms with E-state index in [1.165, 1.54) is 13.2 Å². The van der Waals surface area contributed by atoms with Gasteiger partial charge in [-0.25, -0.2) is 18.6 Å². The van der Waals surface area contributed by atoms with Crippen LogP contribution in [-0.2, 0) is 4.74 Å². The van der Waals surface area contributed by atoms with Crippen molar-refractivity contribution in [2.45, 2.75) is 13.0 Å². The van der Waals surface area contributed by atoms with Crippen molar-refractivity contribution in [1.82, 2.24) is 4.98 Å². The molecule has 4 aromatic rings. The van der Waals surface area contributed by atoms with E-state index in [1.807, 2.05) is 37.3 Å². The highest BCUT2D eigenvalue weighted by atomic mass is 19.2. The first kappa shape index (κ1) is 21.2. The Kier molecular flexibility index (Phi) is 5.98. The van der Waals surface area contributed by atoms with Gasteiger partial charge < -0.3 is 14.8 Å². The number of benzene rings is 3. The molecule has 0 saturated heterocycles. The summed E-state index contributed by atoms with van der Waals surface area (Å²) in [5.41, 5.74) is 1.41. The molecule has 32 heavy (non-hydrogen) atoms. The van der Waals surface area contributed by atoms with E-state index in [9.17, 15) is 13.6 Å². The number of carbonyl (C=O) groups is 1. The molecule has 0 fully saturated rings. The maximum atomic E-state index is 13.6. The van der Waals surface area contributed by atoms with E-state index in [-0.39, 0.29) is 11.8 Å². The minimum absolute atomic E-state index is 0.142. The van der Waals surface area contributed by atoms with Crippen molar-refractivity contribution in [2.24, 2.45) is 0 Å². The number of pyridine rings is 1. The molecule has 1 aromatic heterocycles. The van der Waals surface area contributed by atoms with Crippen LogP contribution >= 0.6 is 0 Å². The molecule has 0 saturated carbocycles. The van der Waals surface area contributed by atoms with E-state index < -0.39 is 17.6 Å². The zero-order valence-electron chi connectivity index (χ0n) is 17.4. The normalized spacial score (nSPS) is 11.8. The molecule has 0 bridgehead atoms. The van der Waals surface area contributed by atoms with Crippen LogP contribution in [0, 0.1) is 11.6 Å². The smallest absolute Gasteiger partial charge is 0.337 e. The van der Waals surface area contributed by atoms with E-state index >= 15 is 0 Å². The van der Waals surface area contributed by atoms with Crippen LogP contribution in [0.2, 0.25) is 0 Å². The van der Waals surface area contributed by atoms with Gasteiger partial charge in [0.15, 0.2) is 11.6 Å². The van der Waals surface area contributed by atoms with E-state index in [2.05, 4.69) is 10.3 Å². The van der Waals surface area contributed by atoms with E-state index in [0.717, 1.165) is 23.1 Å². The molecule has 0 radical (unpaired) electrons. The van der Waals surface area contributed by atoms with Gasteiger partial charge in [0.2, 0.25) is 0 Å². The van der Waals surface area contributed by atoms with Crippen LogP contribution in [0.3, 0.4) is 0 Å². The lowest BCUT2D eigenvalue weighted by Gasteiger charge is -2.18. The molecule has 1 N–H and O–H groups in total. The van der Waals surface area contributed by atoms with Crippen molar-refractivity contribution < 1.29 is 23.0 Å². The SMILES string of the molecule is COC(=O)c1ccc([C@H](C)Nc2nccc3cccc(Oc4ccc(F)c(F)c4)c23)cc1. The van der Waals surface area contributed by atoms with Crippen molar-refractivity contribution in [3.05, 3.63) is 95.7 Å². The standard InChI is InChI=1S/C25H20F2N2O3/c1-15(16-6-8-18(9-7-16)25(30)31-2)29-24-23-17(12-13-28-24)4-3-5-22(23)32-19-10-11-20(26)21(27)14-19/h3-15H,1-2H3,(H,28,29)/t15-/m0/s1. The molecule has 0 spiro atoms. The third-order valence-electron chi connectivity index (χ3n) is 5.06. The molecule has 0 aliphatic carbocycles. The summed E-state index contributed by atoms with van der Waals surface area (Å²) in [5.74, 6) is -1.11. The molecule has 3 aromatic carbocycles. The summed E-state index contributed by atoms with van der Waals surface area (Å²) in [6.45, 7) is 1.96. The monoisotopic (exact) mass is 434 g/mol. The zero-order valence-corrected chi connectivity index (χ0v) is 17.4. The molecule has 5 nitrogen and oxygen atoms in total. The Hall–Kier alpha value is -4.00. The number of aromatic nitrogens is 1. The van der Waals surface area contributed by atoms with Gasteiger partial charge in [0.25, 0.3) is 0 Å². The highest BCUT2D eigenvalue weighted by molar-refractivity contribution is 5.97. The lowest BCUT2D eigenvalue weighted by atomic mass is 10.1. The molecular weight excluding hydrogens is 414 g/mol. The molecule has 162 valence electrons. The number of halogens is 2. The summed E-state index contributed by atoms with van der Waals surface area (Å²) in [5, 5.41) is 4.95. The second-order valence-electron chi connectivity index (χ2n) is 7.17. The number of nitrogens with one attached hydrogen (secondary N) is 1. The van der Waals surface area contributed by atoms with Gasteiger partial charge in [-0.05, 0) is 54.3 Å². The molecule has 1 atom stereocenters. The van der Waals surface area contributed by atoms with Gasteiger partial charge in [-0.2, -0.15) is 0 Å². The van der Waals surface area contributed by atoms with Crippen molar-refractivity contribution >= 4 is 22.6 Å². The summed E-state index contributed by atoms with van der Waals surface area (Å²) in [7, 11) is 1.34. The average Bonchev–Trinajstić information content (AvgIpc) is 2.81. The second-order valence-corrected chi connectivity index (χ2v) is 7.17. The number of ether oxygens (including phenoxy) is 2. The van der Waals surface area contributed by atoms with Crippen LogP contribution in [0.4, 0.5) is 14.6 Å². The largest absolute Gasteiger partial charge is 0.465 e. The Morgan fingerprint density at radius 2 is 1.78 bits per heavy atom. The predicted octanol–water partition coefficient (Wildman–Crippen LogP) is 6.27. The van der Waals surface area contributed by atoms with Gasteiger partial charge in [0.1, 0.15) is 17.3 Å². The van der Waals surface area contributed by atoms with Gasteiger partial charge in [0.05, 0.1) is 18.1 Å². The minimum atomic E-state index is -0.983. The van der Waals surface area contributed by atoms with E-state index in [1.54, 1.807) is 24.4 Å². The number of fused-ring (bicyclic) bond motifs is 1. The van der Waals surface area contributed by atoms with E-state index in [4.69, 9.17) is 9.47 Å². The third kappa shape index (κ3) is 4.37. The van der Waals surface area contributed by atoms with Crippen molar-refractivity contribution in [2.75, 3.05) is 12.4 Å². The Labute approximate surface area is 183 Å². The molecule has 0 aliphatic heterocycles. The number of methoxy groups -OCH3 is 1. The number of rotatable bonds is 6. The van der Waals surface area contributed by atoms with Gasteiger partial charge in [-0.15, -0.1) is 0 Å². The Bertz CT molecular complexity index is 1270. The minimum Gasteiger partial charge on any atom is -0.465 e. The summed E-state index contributed by atoms with van der Waals surface area (Å²) in [6, 6.07) is 17.6. The fraction of sp³-hybridized carbons (Fsp3) is 0.120. The molecule has 1 heterocycles. The maximum absolute atomic E-state index is 13.6. The van der Waals surface area contributed by atoms with Crippen LogP contribution in [-0.4, -0.2) is 18.1 Å². The molecule has 0 aliphatic rings. The van der Waals surface area contributed by atoms with Gasteiger partial charge in [0, 0.05) is 18.3 Å². The zero-order chi connectivity index (χ0) is 22.7. The first-order valence-electron chi connectivity index (χ1n) is 9.91. The van der Waals surface area contributed by atoms with Gasteiger partial charge in [-0.3, -0.25) is 0 Å².